The summed E-state index contributed by atoms with van der Waals surface area (Å²) in [5, 5.41) is 0. The van der Waals surface area contributed by atoms with Gasteiger partial charge in [0.2, 0.25) is 0 Å². The highest BCUT2D eigenvalue weighted by Crippen LogP contribution is 2.41. The molecular formula is C23H18N2O. The van der Waals surface area contributed by atoms with Crippen LogP contribution in [0.3, 0.4) is 0 Å². The van der Waals surface area contributed by atoms with Gasteiger partial charge < -0.3 is 9.30 Å². The van der Waals surface area contributed by atoms with Crippen LogP contribution >= 0.6 is 0 Å². The van der Waals surface area contributed by atoms with Crippen LogP contribution in [0.2, 0.25) is 0 Å². The van der Waals surface area contributed by atoms with Crippen LogP contribution in [0, 0.1) is 0 Å². The molecule has 3 heteroatoms. The zero-order valence-electron chi connectivity index (χ0n) is 14.5. The number of rotatable bonds is 3. The van der Waals surface area contributed by atoms with E-state index < -0.39 is 0 Å². The lowest BCUT2D eigenvalue weighted by Gasteiger charge is -2.09. The zero-order valence-corrected chi connectivity index (χ0v) is 14.5. The number of hydrogen-bond acceptors (Lipinski definition) is 2. The predicted octanol–water partition coefficient (Wildman–Crippen LogP) is 5.25. The fourth-order valence-electron chi connectivity index (χ4n) is 3.70. The summed E-state index contributed by atoms with van der Waals surface area (Å²) < 4.78 is 7.63. The van der Waals surface area contributed by atoms with Crippen LogP contribution < -0.4 is 4.74 Å². The Balaban J connectivity index is 1.75. The quantitative estimate of drug-likeness (QED) is 0.449. The molecule has 0 bridgehead atoms. The van der Waals surface area contributed by atoms with E-state index in [9.17, 15) is 0 Å². The largest absolute Gasteiger partial charge is 0.497 e. The number of hydrogen-bond donors (Lipinski definition) is 0. The summed E-state index contributed by atoms with van der Waals surface area (Å²) >= 11 is 0. The van der Waals surface area contributed by atoms with E-state index in [0.29, 0.717) is 0 Å². The Labute approximate surface area is 152 Å². The third-order valence-corrected chi connectivity index (χ3v) is 4.97. The molecule has 0 radical (unpaired) electrons. The fourth-order valence-corrected chi connectivity index (χ4v) is 3.70. The maximum atomic E-state index is 5.30. The average Bonchev–Trinajstić information content (AvgIpc) is 3.25. The summed E-state index contributed by atoms with van der Waals surface area (Å²) in [6, 6.07) is 27.2. The minimum atomic E-state index is 0.854. The van der Waals surface area contributed by atoms with Gasteiger partial charge >= 0.3 is 0 Å². The van der Waals surface area contributed by atoms with Gasteiger partial charge in [-0.1, -0.05) is 54.6 Å². The van der Waals surface area contributed by atoms with Crippen molar-refractivity contribution in [1.82, 2.24) is 9.55 Å². The second-order valence-electron chi connectivity index (χ2n) is 6.47. The number of methoxy groups -OCH3 is 1. The van der Waals surface area contributed by atoms with E-state index in [4.69, 9.17) is 9.72 Å². The van der Waals surface area contributed by atoms with Gasteiger partial charge in [-0.05, 0) is 29.8 Å². The maximum Gasteiger partial charge on any atom is 0.141 e. The monoisotopic (exact) mass is 338 g/mol. The van der Waals surface area contributed by atoms with Crippen LogP contribution in [-0.2, 0) is 6.54 Å². The van der Waals surface area contributed by atoms with Gasteiger partial charge in [-0.25, -0.2) is 4.98 Å². The second-order valence-corrected chi connectivity index (χ2v) is 6.47. The van der Waals surface area contributed by atoms with Crippen molar-refractivity contribution in [3.63, 3.8) is 0 Å². The van der Waals surface area contributed by atoms with E-state index in [2.05, 4.69) is 65.2 Å². The van der Waals surface area contributed by atoms with Crippen molar-refractivity contribution in [1.29, 1.82) is 0 Å². The SMILES string of the molecule is COc1ccc(-c2nc3n(c2-c2ccccc2)Cc2ccccc2-3)cc1. The van der Waals surface area contributed by atoms with E-state index in [0.717, 1.165) is 29.4 Å². The van der Waals surface area contributed by atoms with Gasteiger partial charge in [-0.2, -0.15) is 0 Å². The molecule has 26 heavy (non-hydrogen) atoms. The maximum absolute atomic E-state index is 5.30. The van der Waals surface area contributed by atoms with E-state index >= 15 is 0 Å². The lowest BCUT2D eigenvalue weighted by molar-refractivity contribution is 0.415. The highest BCUT2D eigenvalue weighted by Gasteiger charge is 2.26. The Hall–Kier alpha value is -3.33. The second kappa shape index (κ2) is 5.88. The summed E-state index contributed by atoms with van der Waals surface area (Å²) in [6.45, 7) is 0.860. The van der Waals surface area contributed by atoms with Crippen molar-refractivity contribution < 1.29 is 4.74 Å². The van der Waals surface area contributed by atoms with Gasteiger partial charge in [0.25, 0.3) is 0 Å². The summed E-state index contributed by atoms with van der Waals surface area (Å²) in [6.07, 6.45) is 0. The molecule has 0 unspecified atom stereocenters. The van der Waals surface area contributed by atoms with Crippen molar-refractivity contribution in [2.24, 2.45) is 0 Å². The summed E-state index contributed by atoms with van der Waals surface area (Å²) in [7, 11) is 1.69. The van der Waals surface area contributed by atoms with Gasteiger partial charge in [-0.3, -0.25) is 0 Å². The molecule has 2 heterocycles. The smallest absolute Gasteiger partial charge is 0.141 e. The Morgan fingerprint density at radius 3 is 2.31 bits per heavy atom. The first-order valence-corrected chi connectivity index (χ1v) is 8.74. The van der Waals surface area contributed by atoms with Crippen LogP contribution in [-0.4, -0.2) is 16.7 Å². The molecule has 1 aromatic heterocycles. The molecule has 3 nitrogen and oxygen atoms in total. The van der Waals surface area contributed by atoms with E-state index in [1.54, 1.807) is 7.11 Å². The highest BCUT2D eigenvalue weighted by molar-refractivity contribution is 5.84. The third kappa shape index (κ3) is 2.25. The van der Waals surface area contributed by atoms with Crippen LogP contribution in [0.1, 0.15) is 5.56 Å². The first-order chi connectivity index (χ1) is 12.8. The van der Waals surface area contributed by atoms with E-state index in [1.165, 1.54) is 22.4 Å². The average molecular weight is 338 g/mol. The molecule has 5 rings (SSSR count). The lowest BCUT2D eigenvalue weighted by atomic mass is 10.0. The Kier molecular flexibility index (Phi) is 3.39. The molecular weight excluding hydrogens is 320 g/mol. The van der Waals surface area contributed by atoms with Gasteiger partial charge in [-0.15, -0.1) is 0 Å². The van der Waals surface area contributed by atoms with Gasteiger partial charge in [0, 0.05) is 16.7 Å². The van der Waals surface area contributed by atoms with E-state index in [1.807, 2.05) is 18.2 Å². The highest BCUT2D eigenvalue weighted by atomic mass is 16.5. The first kappa shape index (κ1) is 15.0. The van der Waals surface area contributed by atoms with Gasteiger partial charge in [0.15, 0.2) is 0 Å². The molecule has 0 spiro atoms. The molecule has 126 valence electrons. The number of ether oxygens (including phenoxy) is 1. The standard InChI is InChI=1S/C23H18N2O/c1-26-19-13-11-16(12-14-19)21-22(17-7-3-2-4-8-17)25-15-18-9-5-6-10-20(18)23(25)24-21/h2-14H,15H2,1H3. The predicted molar refractivity (Wildman–Crippen MR) is 104 cm³/mol. The van der Waals surface area contributed by atoms with Crippen LogP contribution in [0.25, 0.3) is 33.9 Å². The minimum Gasteiger partial charge on any atom is -0.497 e. The molecule has 0 fully saturated rings. The molecule has 1 aliphatic heterocycles. The van der Waals surface area contributed by atoms with Crippen molar-refractivity contribution in [2.75, 3.05) is 7.11 Å². The number of aromatic nitrogens is 2. The topological polar surface area (TPSA) is 27.1 Å². The summed E-state index contributed by atoms with van der Waals surface area (Å²) in [5.41, 5.74) is 7.03. The molecule has 0 saturated carbocycles. The van der Waals surface area contributed by atoms with Crippen molar-refractivity contribution in [3.05, 3.63) is 84.4 Å². The molecule has 1 aliphatic rings. The van der Waals surface area contributed by atoms with Crippen molar-refractivity contribution in [3.8, 4) is 39.7 Å². The van der Waals surface area contributed by atoms with Crippen LogP contribution in [0.4, 0.5) is 0 Å². The number of imidazole rings is 1. The van der Waals surface area contributed by atoms with Gasteiger partial charge in [0.05, 0.1) is 25.0 Å². The van der Waals surface area contributed by atoms with Crippen molar-refractivity contribution >= 4 is 0 Å². The molecule has 0 amide bonds. The Bertz CT molecular complexity index is 1080. The third-order valence-electron chi connectivity index (χ3n) is 4.97. The number of fused-ring (bicyclic) bond motifs is 3. The van der Waals surface area contributed by atoms with Crippen LogP contribution in [0.15, 0.2) is 78.9 Å². The Morgan fingerprint density at radius 2 is 1.54 bits per heavy atom. The van der Waals surface area contributed by atoms with E-state index in [-0.39, 0.29) is 0 Å². The minimum absolute atomic E-state index is 0.854. The molecule has 3 aromatic carbocycles. The molecule has 4 aromatic rings. The Morgan fingerprint density at radius 1 is 0.808 bits per heavy atom. The van der Waals surface area contributed by atoms with Crippen LogP contribution in [0.5, 0.6) is 5.75 Å². The van der Waals surface area contributed by atoms with Gasteiger partial charge in [0.1, 0.15) is 11.6 Å². The molecule has 0 saturated heterocycles. The first-order valence-electron chi connectivity index (χ1n) is 8.74. The lowest BCUT2D eigenvalue weighted by Crippen LogP contribution is -1.97. The summed E-state index contributed by atoms with van der Waals surface area (Å²) in [5.74, 6) is 1.90. The number of benzene rings is 3. The molecule has 0 aliphatic carbocycles. The van der Waals surface area contributed by atoms with Crippen molar-refractivity contribution in [2.45, 2.75) is 6.54 Å². The molecule has 0 atom stereocenters. The normalized spacial score (nSPS) is 11.9. The zero-order chi connectivity index (χ0) is 17.5. The number of nitrogens with zero attached hydrogens (tertiary/aromatic N) is 2. The molecule has 0 N–H and O–H groups in total. The fraction of sp³-hybridized carbons (Fsp3) is 0.0870. The summed E-state index contributed by atoms with van der Waals surface area (Å²) in [4.78, 5) is 5.06.